The maximum Gasteiger partial charge on any atom is 0.251 e. The Morgan fingerprint density at radius 2 is 1.78 bits per heavy atom. The number of anilines is 3. The monoisotopic (exact) mass is 494 g/mol. The van der Waals surface area contributed by atoms with Gasteiger partial charge in [-0.3, -0.25) is 9.69 Å². The molecule has 0 saturated carbocycles. The largest absolute Gasteiger partial charge is 0.324 e. The Bertz CT molecular complexity index is 1310. The van der Waals surface area contributed by atoms with Gasteiger partial charge in [-0.05, 0) is 50.6 Å². The number of rotatable bonds is 7. The van der Waals surface area contributed by atoms with Crippen molar-refractivity contribution < 1.29 is 4.79 Å². The second-order valence-corrected chi connectivity index (χ2v) is 9.84. The molecule has 0 radical (unpaired) electrons. The molecular weight excluding hydrogens is 460 g/mol. The number of hydrogen-bond acceptors (Lipinski definition) is 6. The van der Waals surface area contributed by atoms with Crippen molar-refractivity contribution in [1.82, 2.24) is 19.8 Å². The van der Waals surface area contributed by atoms with Crippen LogP contribution in [0.2, 0.25) is 0 Å². The van der Waals surface area contributed by atoms with Gasteiger partial charge in [0.25, 0.3) is 5.91 Å². The van der Waals surface area contributed by atoms with Gasteiger partial charge in [0.1, 0.15) is 0 Å². The lowest BCUT2D eigenvalue weighted by Crippen LogP contribution is -2.45. The van der Waals surface area contributed by atoms with Crippen molar-refractivity contribution >= 4 is 23.2 Å². The molecule has 37 heavy (non-hydrogen) atoms. The van der Waals surface area contributed by atoms with E-state index in [1.54, 1.807) is 6.20 Å². The minimum Gasteiger partial charge on any atom is -0.324 e. The topological polar surface area (TPSA) is 73.4 Å². The lowest BCUT2D eigenvalue weighted by atomic mass is 9.97. The molecule has 2 heterocycles. The summed E-state index contributed by atoms with van der Waals surface area (Å²) in [6, 6.07) is 17.8. The highest BCUT2D eigenvalue weighted by Crippen LogP contribution is 2.26. The maximum absolute atomic E-state index is 13.0. The smallest absolute Gasteiger partial charge is 0.251 e. The highest BCUT2D eigenvalue weighted by molar-refractivity contribution is 6.04. The van der Waals surface area contributed by atoms with Gasteiger partial charge in [-0.1, -0.05) is 54.1 Å². The molecule has 0 bridgehead atoms. The number of piperazine rings is 1. The first kappa shape index (κ1) is 24.9. The van der Waals surface area contributed by atoms with Crippen molar-refractivity contribution in [1.29, 1.82) is 0 Å². The third kappa shape index (κ3) is 6.50. The summed E-state index contributed by atoms with van der Waals surface area (Å²) in [6.45, 7) is 7.47. The molecular formula is C30H34N6O. The Morgan fingerprint density at radius 3 is 2.54 bits per heavy atom. The Morgan fingerprint density at radius 1 is 0.973 bits per heavy atom. The molecule has 1 amide bonds. The molecule has 0 atom stereocenters. The SMILES string of the molecule is Cc1ccc(NC(=O)C2=CC=C(CN3CCN(C)CC3)CC2)cc1Nc1nccc(-c2ccccc2)n1. The van der Waals surface area contributed by atoms with E-state index in [2.05, 4.69) is 43.5 Å². The number of aromatic nitrogens is 2. The number of hydrogen-bond donors (Lipinski definition) is 2. The van der Waals surface area contributed by atoms with Crippen LogP contribution >= 0.6 is 0 Å². The van der Waals surface area contributed by atoms with Crippen LogP contribution in [0.5, 0.6) is 0 Å². The van der Waals surface area contributed by atoms with Crippen LogP contribution < -0.4 is 10.6 Å². The van der Waals surface area contributed by atoms with Crippen molar-refractivity contribution in [2.75, 3.05) is 50.4 Å². The average molecular weight is 495 g/mol. The van der Waals surface area contributed by atoms with Crippen LogP contribution in [-0.4, -0.2) is 65.4 Å². The van der Waals surface area contributed by atoms with Crippen molar-refractivity contribution in [2.24, 2.45) is 0 Å². The Hall–Kier alpha value is -3.81. The summed E-state index contributed by atoms with van der Waals surface area (Å²) in [6.07, 6.45) is 7.57. The van der Waals surface area contributed by atoms with E-state index in [-0.39, 0.29) is 5.91 Å². The third-order valence-corrected chi connectivity index (χ3v) is 7.02. The van der Waals surface area contributed by atoms with E-state index in [1.807, 2.05) is 67.6 Å². The third-order valence-electron chi connectivity index (χ3n) is 7.02. The molecule has 2 aliphatic rings. The van der Waals surface area contributed by atoms with Crippen molar-refractivity contribution in [3.63, 3.8) is 0 Å². The first-order valence-electron chi connectivity index (χ1n) is 12.9. The van der Waals surface area contributed by atoms with Crippen LogP contribution in [0.3, 0.4) is 0 Å². The normalized spacial score (nSPS) is 16.6. The quantitative estimate of drug-likeness (QED) is 0.480. The van der Waals surface area contributed by atoms with Crippen molar-refractivity contribution in [3.05, 3.63) is 89.7 Å². The fourth-order valence-corrected chi connectivity index (χ4v) is 4.65. The van der Waals surface area contributed by atoms with Gasteiger partial charge in [0, 0.05) is 61.4 Å². The zero-order valence-corrected chi connectivity index (χ0v) is 21.6. The minimum atomic E-state index is -0.0491. The summed E-state index contributed by atoms with van der Waals surface area (Å²) in [5.41, 5.74) is 6.74. The highest BCUT2D eigenvalue weighted by Gasteiger charge is 2.18. The average Bonchev–Trinajstić information content (AvgIpc) is 2.93. The predicted octanol–water partition coefficient (Wildman–Crippen LogP) is 5.03. The number of amides is 1. The van der Waals surface area contributed by atoms with Crippen LogP contribution in [-0.2, 0) is 4.79 Å². The van der Waals surface area contributed by atoms with Gasteiger partial charge in [0.15, 0.2) is 0 Å². The fourth-order valence-electron chi connectivity index (χ4n) is 4.65. The van der Waals surface area contributed by atoms with Crippen LogP contribution in [0.1, 0.15) is 18.4 Å². The molecule has 2 N–H and O–H groups in total. The molecule has 0 unspecified atom stereocenters. The van der Waals surface area contributed by atoms with E-state index in [9.17, 15) is 4.79 Å². The summed E-state index contributed by atoms with van der Waals surface area (Å²) in [5.74, 6) is 0.466. The summed E-state index contributed by atoms with van der Waals surface area (Å²) < 4.78 is 0. The Labute approximate surface area is 218 Å². The molecule has 7 heteroatoms. The second kappa shape index (κ2) is 11.5. The minimum absolute atomic E-state index is 0.0491. The van der Waals surface area contributed by atoms with Crippen LogP contribution in [0.4, 0.5) is 17.3 Å². The van der Waals surface area contributed by atoms with E-state index < -0.39 is 0 Å². The first-order valence-corrected chi connectivity index (χ1v) is 12.9. The van der Waals surface area contributed by atoms with Gasteiger partial charge in [-0.15, -0.1) is 0 Å². The Kier molecular flexibility index (Phi) is 7.73. The summed E-state index contributed by atoms with van der Waals surface area (Å²) in [5, 5.41) is 6.39. The van der Waals surface area contributed by atoms with Crippen molar-refractivity contribution in [3.8, 4) is 11.3 Å². The van der Waals surface area contributed by atoms with Crippen LogP contribution in [0.25, 0.3) is 11.3 Å². The lowest BCUT2D eigenvalue weighted by molar-refractivity contribution is -0.113. The van der Waals surface area contributed by atoms with Gasteiger partial charge in [0.05, 0.1) is 5.69 Å². The number of aryl methyl sites for hydroxylation is 1. The van der Waals surface area contributed by atoms with E-state index in [0.717, 1.165) is 79.3 Å². The van der Waals surface area contributed by atoms with E-state index >= 15 is 0 Å². The molecule has 1 aliphatic carbocycles. The fraction of sp³-hybridized carbons (Fsp3) is 0.300. The summed E-state index contributed by atoms with van der Waals surface area (Å²) >= 11 is 0. The first-order chi connectivity index (χ1) is 18.0. The van der Waals surface area contributed by atoms with Crippen LogP contribution in [0, 0.1) is 6.92 Å². The van der Waals surface area contributed by atoms with Gasteiger partial charge in [-0.2, -0.15) is 0 Å². The van der Waals surface area contributed by atoms with Gasteiger partial charge in [0.2, 0.25) is 5.95 Å². The molecule has 3 aromatic rings. The summed E-state index contributed by atoms with van der Waals surface area (Å²) in [4.78, 5) is 26.9. The molecule has 0 spiro atoms. The number of nitrogens with zero attached hydrogens (tertiary/aromatic N) is 4. The molecule has 1 aromatic heterocycles. The van der Waals surface area contributed by atoms with E-state index in [4.69, 9.17) is 0 Å². The van der Waals surface area contributed by atoms with Gasteiger partial charge >= 0.3 is 0 Å². The highest BCUT2D eigenvalue weighted by atomic mass is 16.1. The molecule has 1 saturated heterocycles. The Balaban J connectivity index is 1.22. The van der Waals surface area contributed by atoms with E-state index in [1.165, 1.54) is 5.57 Å². The maximum atomic E-state index is 13.0. The molecule has 1 aliphatic heterocycles. The zero-order valence-electron chi connectivity index (χ0n) is 21.6. The molecule has 7 nitrogen and oxygen atoms in total. The predicted molar refractivity (Wildman–Crippen MR) is 150 cm³/mol. The second-order valence-electron chi connectivity index (χ2n) is 9.84. The number of allylic oxidation sites excluding steroid dienone is 2. The standard InChI is InChI=1S/C30H34N6O/c1-22-8-13-26(20-28(22)34-30-31-15-14-27(33-30)24-6-4-3-5-7-24)32-29(37)25-11-9-23(10-12-25)21-36-18-16-35(2)17-19-36/h3-9,11,13-15,20H,10,12,16-19,21H2,1-2H3,(H,32,37)(H,31,33,34). The molecule has 1 fully saturated rings. The number of carbonyl (C=O) groups excluding carboxylic acids is 1. The van der Waals surface area contributed by atoms with Crippen molar-refractivity contribution in [2.45, 2.75) is 19.8 Å². The number of nitrogens with one attached hydrogen (secondary N) is 2. The molecule has 5 rings (SSSR count). The number of likely N-dealkylation sites (N-methyl/N-ethyl adjacent to an activating group) is 1. The summed E-state index contributed by atoms with van der Waals surface area (Å²) in [7, 11) is 2.18. The number of benzene rings is 2. The number of carbonyl (C=O) groups is 1. The zero-order chi connectivity index (χ0) is 25.6. The van der Waals surface area contributed by atoms with Crippen LogP contribution in [0.15, 0.2) is 84.1 Å². The van der Waals surface area contributed by atoms with E-state index in [0.29, 0.717) is 5.95 Å². The molecule has 190 valence electrons. The van der Waals surface area contributed by atoms with Gasteiger partial charge < -0.3 is 15.5 Å². The lowest BCUT2D eigenvalue weighted by Gasteiger charge is -2.33. The molecule has 2 aromatic carbocycles. The van der Waals surface area contributed by atoms with Gasteiger partial charge in [-0.25, -0.2) is 9.97 Å².